The summed E-state index contributed by atoms with van der Waals surface area (Å²) in [5.41, 5.74) is 2.89. The zero-order valence-electron chi connectivity index (χ0n) is 14.7. The highest BCUT2D eigenvalue weighted by Gasteiger charge is 2.18. The van der Waals surface area contributed by atoms with E-state index in [1.165, 1.54) is 6.92 Å². The van der Waals surface area contributed by atoms with Crippen molar-refractivity contribution in [3.63, 3.8) is 0 Å². The molecule has 5 heteroatoms. The molecule has 0 heterocycles. The van der Waals surface area contributed by atoms with Gasteiger partial charge in [-0.3, -0.25) is 4.79 Å². The van der Waals surface area contributed by atoms with Gasteiger partial charge in [0.1, 0.15) is 11.8 Å². The third-order valence-corrected chi connectivity index (χ3v) is 3.61. The number of benzene rings is 2. The summed E-state index contributed by atoms with van der Waals surface area (Å²) in [6, 6.07) is 14.6. The van der Waals surface area contributed by atoms with Crippen molar-refractivity contribution in [2.75, 3.05) is 0 Å². The maximum atomic E-state index is 11.2. The average molecular weight is 341 g/mol. The molecule has 0 unspecified atom stereocenters. The number of ether oxygens (including phenoxy) is 1. The second-order valence-corrected chi connectivity index (χ2v) is 6.19. The van der Waals surface area contributed by atoms with E-state index in [2.05, 4.69) is 5.32 Å². The van der Waals surface area contributed by atoms with Crippen LogP contribution in [-0.2, 0) is 16.0 Å². The first-order valence-corrected chi connectivity index (χ1v) is 8.21. The van der Waals surface area contributed by atoms with Crippen molar-refractivity contribution in [2.45, 2.75) is 39.3 Å². The third kappa shape index (κ3) is 5.64. The lowest BCUT2D eigenvalue weighted by molar-refractivity contribution is -0.141. The van der Waals surface area contributed by atoms with Crippen LogP contribution in [0.5, 0.6) is 5.75 Å². The number of aliphatic carboxylic acids is 1. The maximum absolute atomic E-state index is 11.2. The number of hydrogen-bond acceptors (Lipinski definition) is 3. The van der Waals surface area contributed by atoms with Crippen molar-refractivity contribution in [3.05, 3.63) is 54.1 Å². The van der Waals surface area contributed by atoms with Gasteiger partial charge in [0.15, 0.2) is 0 Å². The van der Waals surface area contributed by atoms with Crippen molar-refractivity contribution in [3.8, 4) is 16.9 Å². The predicted molar refractivity (Wildman–Crippen MR) is 96.6 cm³/mol. The lowest BCUT2D eigenvalue weighted by Crippen LogP contribution is -2.41. The Kier molecular flexibility index (Phi) is 6.17. The van der Waals surface area contributed by atoms with E-state index in [9.17, 15) is 14.7 Å². The molecule has 2 rings (SSSR count). The smallest absolute Gasteiger partial charge is 0.326 e. The van der Waals surface area contributed by atoms with Crippen LogP contribution in [0.3, 0.4) is 0 Å². The number of hydrogen-bond donors (Lipinski definition) is 2. The Morgan fingerprint density at radius 1 is 1.08 bits per heavy atom. The van der Waals surface area contributed by atoms with Gasteiger partial charge in [-0.2, -0.15) is 0 Å². The summed E-state index contributed by atoms with van der Waals surface area (Å²) in [6.07, 6.45) is 0.352. The normalized spacial score (nSPS) is 11.8. The summed E-state index contributed by atoms with van der Waals surface area (Å²) in [5.74, 6) is -0.586. The Balaban J connectivity index is 2.14. The summed E-state index contributed by atoms with van der Waals surface area (Å²) in [6.45, 7) is 5.27. The van der Waals surface area contributed by atoms with Gasteiger partial charge in [0.2, 0.25) is 5.91 Å². The van der Waals surface area contributed by atoms with E-state index in [0.717, 1.165) is 22.4 Å². The summed E-state index contributed by atoms with van der Waals surface area (Å²) in [7, 11) is 0. The van der Waals surface area contributed by atoms with Crippen LogP contribution < -0.4 is 10.1 Å². The molecular weight excluding hydrogens is 318 g/mol. The number of carbonyl (C=O) groups is 2. The van der Waals surface area contributed by atoms with Gasteiger partial charge >= 0.3 is 5.97 Å². The van der Waals surface area contributed by atoms with Crippen LogP contribution in [0.15, 0.2) is 48.5 Å². The fraction of sp³-hybridized carbons (Fsp3) is 0.300. The predicted octanol–water partition coefficient (Wildman–Crippen LogP) is 3.27. The van der Waals surface area contributed by atoms with Crippen LogP contribution in [0.4, 0.5) is 0 Å². The second kappa shape index (κ2) is 8.33. The number of carboxylic acids is 1. The second-order valence-electron chi connectivity index (χ2n) is 6.19. The van der Waals surface area contributed by atoms with E-state index in [1.807, 2.05) is 62.4 Å². The Morgan fingerprint density at radius 3 is 2.32 bits per heavy atom. The third-order valence-electron chi connectivity index (χ3n) is 3.61. The van der Waals surface area contributed by atoms with Crippen LogP contribution in [0.25, 0.3) is 11.1 Å². The fourth-order valence-electron chi connectivity index (χ4n) is 2.54. The minimum Gasteiger partial charge on any atom is -0.491 e. The summed E-state index contributed by atoms with van der Waals surface area (Å²) in [4.78, 5) is 22.3. The molecule has 0 saturated carbocycles. The van der Waals surface area contributed by atoms with Crippen LogP contribution in [0.1, 0.15) is 26.3 Å². The Labute approximate surface area is 147 Å². The van der Waals surface area contributed by atoms with Gasteiger partial charge in [-0.25, -0.2) is 4.79 Å². The van der Waals surface area contributed by atoms with E-state index in [0.29, 0.717) is 0 Å². The van der Waals surface area contributed by atoms with Crippen LogP contribution in [0.2, 0.25) is 0 Å². The molecule has 0 spiro atoms. The molecule has 2 N–H and O–H groups in total. The highest BCUT2D eigenvalue weighted by molar-refractivity contribution is 5.82. The zero-order valence-corrected chi connectivity index (χ0v) is 14.7. The molecule has 0 aliphatic rings. The number of carboxylic acid groups (broad SMARTS) is 1. The lowest BCUT2D eigenvalue weighted by Gasteiger charge is -2.14. The van der Waals surface area contributed by atoms with E-state index >= 15 is 0 Å². The van der Waals surface area contributed by atoms with Gasteiger partial charge < -0.3 is 15.2 Å². The standard InChI is InChI=1S/C20H23NO4/c1-13(2)25-18-6-4-5-17(12-18)16-9-7-15(8-10-16)11-19(20(23)24)21-14(3)22/h4-10,12-13,19H,11H2,1-3H3,(H,21,22)(H,23,24)/t19-/m1/s1. The quantitative estimate of drug-likeness (QED) is 0.810. The summed E-state index contributed by atoms with van der Waals surface area (Å²) < 4.78 is 5.71. The van der Waals surface area contributed by atoms with Crippen molar-refractivity contribution < 1.29 is 19.4 Å². The van der Waals surface area contributed by atoms with Gasteiger partial charge in [0.25, 0.3) is 0 Å². The zero-order chi connectivity index (χ0) is 18.4. The van der Waals surface area contributed by atoms with E-state index in [4.69, 9.17) is 4.74 Å². The van der Waals surface area contributed by atoms with Crippen LogP contribution >= 0.6 is 0 Å². The molecule has 0 bridgehead atoms. The number of nitrogens with one attached hydrogen (secondary N) is 1. The fourth-order valence-corrected chi connectivity index (χ4v) is 2.54. The van der Waals surface area contributed by atoms with Gasteiger partial charge in [-0.05, 0) is 42.7 Å². The van der Waals surface area contributed by atoms with Crippen molar-refractivity contribution in [2.24, 2.45) is 0 Å². The number of amides is 1. The van der Waals surface area contributed by atoms with Gasteiger partial charge in [-0.1, -0.05) is 36.4 Å². The highest BCUT2D eigenvalue weighted by atomic mass is 16.5. The number of rotatable bonds is 7. The summed E-state index contributed by atoms with van der Waals surface area (Å²) >= 11 is 0. The largest absolute Gasteiger partial charge is 0.491 e. The first kappa shape index (κ1) is 18.5. The molecule has 2 aromatic carbocycles. The number of carbonyl (C=O) groups excluding carboxylic acids is 1. The first-order chi connectivity index (χ1) is 11.8. The SMILES string of the molecule is CC(=O)N[C@H](Cc1ccc(-c2cccc(OC(C)C)c2)cc1)C(=O)O. The van der Waals surface area contributed by atoms with Crippen LogP contribution in [0, 0.1) is 0 Å². The molecule has 0 aromatic heterocycles. The molecule has 132 valence electrons. The molecule has 0 aliphatic carbocycles. The average Bonchev–Trinajstić information content (AvgIpc) is 2.54. The molecule has 0 radical (unpaired) electrons. The highest BCUT2D eigenvalue weighted by Crippen LogP contribution is 2.25. The van der Waals surface area contributed by atoms with E-state index in [-0.39, 0.29) is 18.4 Å². The summed E-state index contributed by atoms with van der Waals surface area (Å²) in [5, 5.41) is 11.6. The van der Waals surface area contributed by atoms with Gasteiger partial charge in [0.05, 0.1) is 6.10 Å². The molecular formula is C20H23NO4. The minimum absolute atomic E-state index is 0.111. The topological polar surface area (TPSA) is 75.6 Å². The monoisotopic (exact) mass is 341 g/mol. The van der Waals surface area contributed by atoms with E-state index < -0.39 is 12.0 Å². The maximum Gasteiger partial charge on any atom is 0.326 e. The van der Waals surface area contributed by atoms with Gasteiger partial charge in [-0.15, -0.1) is 0 Å². The molecule has 0 aliphatic heterocycles. The van der Waals surface area contributed by atoms with E-state index in [1.54, 1.807) is 0 Å². The Hall–Kier alpha value is -2.82. The molecule has 0 fully saturated rings. The molecule has 25 heavy (non-hydrogen) atoms. The molecule has 2 aromatic rings. The lowest BCUT2D eigenvalue weighted by atomic mass is 10.0. The molecule has 5 nitrogen and oxygen atoms in total. The molecule has 1 atom stereocenters. The first-order valence-electron chi connectivity index (χ1n) is 8.21. The Bertz CT molecular complexity index is 738. The van der Waals surface area contributed by atoms with Crippen molar-refractivity contribution in [1.29, 1.82) is 0 Å². The Morgan fingerprint density at radius 2 is 1.76 bits per heavy atom. The molecule has 1 amide bonds. The van der Waals surface area contributed by atoms with Gasteiger partial charge in [0, 0.05) is 13.3 Å². The minimum atomic E-state index is -1.04. The molecule has 0 saturated heterocycles. The van der Waals surface area contributed by atoms with Crippen LogP contribution in [-0.4, -0.2) is 29.1 Å². The van der Waals surface area contributed by atoms with Crippen molar-refractivity contribution >= 4 is 11.9 Å². The van der Waals surface area contributed by atoms with Crippen molar-refractivity contribution in [1.82, 2.24) is 5.32 Å².